The van der Waals surface area contributed by atoms with Gasteiger partial charge in [-0.25, -0.2) is 9.18 Å². The molecule has 0 heterocycles. The third kappa shape index (κ3) is 3.54. The van der Waals surface area contributed by atoms with Gasteiger partial charge in [0.15, 0.2) is 0 Å². The first-order valence-corrected chi connectivity index (χ1v) is 8.41. The summed E-state index contributed by atoms with van der Waals surface area (Å²) < 4.78 is 18.5. The van der Waals surface area contributed by atoms with E-state index in [1.807, 2.05) is 6.07 Å². The van der Waals surface area contributed by atoms with Gasteiger partial charge in [0.1, 0.15) is 17.1 Å². The number of hydrogen-bond acceptors (Lipinski definition) is 3. The molecule has 26 heavy (non-hydrogen) atoms. The molecule has 0 unspecified atom stereocenters. The predicted octanol–water partition coefficient (Wildman–Crippen LogP) is 3.88. The average molecular weight is 357 g/mol. The number of hydrogen-bond donors (Lipinski definition) is 2. The van der Waals surface area contributed by atoms with Gasteiger partial charge in [0.2, 0.25) is 5.91 Å². The highest BCUT2D eigenvalue weighted by Crippen LogP contribution is 2.45. The molecule has 1 saturated carbocycles. The van der Waals surface area contributed by atoms with Crippen LogP contribution >= 0.6 is 0 Å². The number of carbonyl (C=O) groups excluding carboxylic acids is 1. The van der Waals surface area contributed by atoms with Crippen molar-refractivity contribution in [2.24, 2.45) is 5.41 Å². The molecule has 1 fully saturated rings. The normalized spacial score (nSPS) is 15.0. The second kappa shape index (κ2) is 7.15. The Bertz CT molecular complexity index is 845. The highest BCUT2D eigenvalue weighted by atomic mass is 19.1. The first kappa shape index (κ1) is 17.9. The van der Waals surface area contributed by atoms with Gasteiger partial charge in [-0.15, -0.1) is 0 Å². The second-order valence-corrected chi connectivity index (χ2v) is 6.61. The highest BCUT2D eigenvalue weighted by molar-refractivity contribution is 5.97. The average Bonchev–Trinajstić information content (AvgIpc) is 2.57. The molecule has 0 bridgehead atoms. The molecule has 1 aliphatic rings. The van der Waals surface area contributed by atoms with Crippen molar-refractivity contribution in [1.82, 2.24) is 0 Å². The standard InChI is InChI=1S/C20H20FNO4/c1-26-17-11-15(6-7-16(17)18(23)24)22-19(25)20(8-3-9-20)12-13-4-2-5-14(21)10-13/h2,4-7,10-11H,3,8-9,12H2,1H3,(H,22,25)(H,23,24). The molecule has 0 aromatic heterocycles. The molecule has 1 amide bonds. The summed E-state index contributed by atoms with van der Waals surface area (Å²) in [5, 5.41) is 12.0. The van der Waals surface area contributed by atoms with Crippen molar-refractivity contribution >= 4 is 17.6 Å². The van der Waals surface area contributed by atoms with E-state index in [9.17, 15) is 14.0 Å². The predicted molar refractivity (Wildman–Crippen MR) is 95.0 cm³/mol. The van der Waals surface area contributed by atoms with Crippen LogP contribution in [0.5, 0.6) is 5.75 Å². The number of nitrogens with one attached hydrogen (secondary N) is 1. The minimum absolute atomic E-state index is 0.0311. The van der Waals surface area contributed by atoms with Crippen LogP contribution in [0.15, 0.2) is 42.5 Å². The smallest absolute Gasteiger partial charge is 0.339 e. The van der Waals surface area contributed by atoms with E-state index < -0.39 is 11.4 Å². The Morgan fingerprint density at radius 3 is 2.58 bits per heavy atom. The molecule has 1 aliphatic carbocycles. The van der Waals surface area contributed by atoms with E-state index in [1.165, 1.54) is 31.4 Å². The van der Waals surface area contributed by atoms with Gasteiger partial charge in [-0.3, -0.25) is 4.79 Å². The molecule has 0 spiro atoms. The summed E-state index contributed by atoms with van der Waals surface area (Å²) >= 11 is 0. The number of rotatable bonds is 6. The van der Waals surface area contributed by atoms with E-state index >= 15 is 0 Å². The monoisotopic (exact) mass is 357 g/mol. The summed E-state index contributed by atoms with van der Waals surface area (Å²) in [7, 11) is 1.38. The zero-order valence-electron chi connectivity index (χ0n) is 14.4. The maximum absolute atomic E-state index is 13.4. The lowest BCUT2D eigenvalue weighted by atomic mass is 9.64. The number of halogens is 1. The maximum atomic E-state index is 13.4. The van der Waals surface area contributed by atoms with E-state index in [-0.39, 0.29) is 23.0 Å². The van der Waals surface area contributed by atoms with Gasteiger partial charge in [-0.2, -0.15) is 0 Å². The molecule has 2 aromatic carbocycles. The van der Waals surface area contributed by atoms with Crippen LogP contribution < -0.4 is 10.1 Å². The molecule has 0 saturated heterocycles. The van der Waals surface area contributed by atoms with Crippen molar-refractivity contribution in [3.05, 3.63) is 59.4 Å². The van der Waals surface area contributed by atoms with Crippen molar-refractivity contribution in [2.75, 3.05) is 12.4 Å². The third-order valence-corrected chi connectivity index (χ3v) is 4.91. The minimum atomic E-state index is -1.10. The van der Waals surface area contributed by atoms with Crippen molar-refractivity contribution in [1.29, 1.82) is 0 Å². The number of aromatic carboxylic acids is 1. The summed E-state index contributed by atoms with van der Waals surface area (Å²) in [5.74, 6) is -1.37. The fourth-order valence-electron chi connectivity index (χ4n) is 3.33. The van der Waals surface area contributed by atoms with E-state index in [0.717, 1.165) is 24.8 Å². The van der Waals surface area contributed by atoms with Crippen molar-refractivity contribution < 1.29 is 23.8 Å². The number of carbonyl (C=O) groups is 2. The minimum Gasteiger partial charge on any atom is -0.496 e. The lowest BCUT2D eigenvalue weighted by Crippen LogP contribution is -2.43. The molecule has 136 valence electrons. The number of benzene rings is 2. The third-order valence-electron chi connectivity index (χ3n) is 4.91. The van der Waals surface area contributed by atoms with Crippen molar-refractivity contribution in [3.8, 4) is 5.75 Å². The topological polar surface area (TPSA) is 75.6 Å². The van der Waals surface area contributed by atoms with Crippen molar-refractivity contribution in [3.63, 3.8) is 0 Å². The Hall–Kier alpha value is -2.89. The molecular formula is C20H20FNO4. The molecule has 6 heteroatoms. The van der Waals surface area contributed by atoms with Gasteiger partial charge in [-0.05, 0) is 49.1 Å². The zero-order chi connectivity index (χ0) is 18.7. The van der Waals surface area contributed by atoms with Gasteiger partial charge in [0.25, 0.3) is 0 Å². The quantitative estimate of drug-likeness (QED) is 0.822. The number of amides is 1. The SMILES string of the molecule is COc1cc(NC(=O)C2(Cc3cccc(F)c3)CCC2)ccc1C(=O)O. The van der Waals surface area contributed by atoms with E-state index in [0.29, 0.717) is 12.1 Å². The Morgan fingerprint density at radius 2 is 2.00 bits per heavy atom. The van der Waals surface area contributed by atoms with Crippen LogP contribution in [0, 0.1) is 11.2 Å². The van der Waals surface area contributed by atoms with E-state index in [2.05, 4.69) is 5.32 Å². The summed E-state index contributed by atoms with van der Waals surface area (Å²) in [6.45, 7) is 0. The van der Waals surface area contributed by atoms with Gasteiger partial charge in [0, 0.05) is 11.8 Å². The van der Waals surface area contributed by atoms with Gasteiger partial charge >= 0.3 is 5.97 Å². The Labute approximate surface area is 150 Å². The summed E-state index contributed by atoms with van der Waals surface area (Å²) in [6, 6.07) is 10.7. The first-order valence-electron chi connectivity index (χ1n) is 8.41. The molecule has 0 radical (unpaired) electrons. The molecule has 3 rings (SSSR count). The molecule has 2 aromatic rings. The number of anilines is 1. The zero-order valence-corrected chi connectivity index (χ0v) is 14.4. The summed E-state index contributed by atoms with van der Waals surface area (Å²) in [6.07, 6.45) is 2.89. The first-order chi connectivity index (χ1) is 12.4. The molecular weight excluding hydrogens is 337 g/mol. The molecule has 2 N–H and O–H groups in total. The summed E-state index contributed by atoms with van der Waals surface area (Å²) in [4.78, 5) is 24.0. The van der Waals surface area contributed by atoms with Gasteiger partial charge in [0.05, 0.1) is 12.5 Å². The number of methoxy groups -OCH3 is 1. The Balaban J connectivity index is 1.78. The highest BCUT2D eigenvalue weighted by Gasteiger charge is 2.44. The molecule has 0 aliphatic heterocycles. The second-order valence-electron chi connectivity index (χ2n) is 6.61. The fourth-order valence-corrected chi connectivity index (χ4v) is 3.33. The lowest BCUT2D eigenvalue weighted by Gasteiger charge is -2.40. The van der Waals surface area contributed by atoms with Crippen LogP contribution in [0.2, 0.25) is 0 Å². The molecule has 5 nitrogen and oxygen atoms in total. The fraction of sp³-hybridized carbons (Fsp3) is 0.300. The number of ether oxygens (including phenoxy) is 1. The number of carboxylic acid groups (broad SMARTS) is 1. The van der Waals surface area contributed by atoms with Crippen LogP contribution in [0.4, 0.5) is 10.1 Å². The van der Waals surface area contributed by atoms with Gasteiger partial charge in [-0.1, -0.05) is 18.6 Å². The van der Waals surface area contributed by atoms with Crippen LogP contribution in [-0.4, -0.2) is 24.1 Å². The Kier molecular flexibility index (Phi) is 4.93. The van der Waals surface area contributed by atoms with E-state index in [1.54, 1.807) is 12.1 Å². The maximum Gasteiger partial charge on any atom is 0.339 e. The van der Waals surface area contributed by atoms with Crippen molar-refractivity contribution in [2.45, 2.75) is 25.7 Å². The van der Waals surface area contributed by atoms with E-state index in [4.69, 9.17) is 9.84 Å². The summed E-state index contributed by atoms with van der Waals surface area (Å²) in [5.41, 5.74) is 0.733. The Morgan fingerprint density at radius 1 is 1.23 bits per heavy atom. The largest absolute Gasteiger partial charge is 0.496 e. The molecule has 0 atom stereocenters. The van der Waals surface area contributed by atoms with Crippen LogP contribution in [0.1, 0.15) is 35.2 Å². The lowest BCUT2D eigenvalue weighted by molar-refractivity contribution is -0.130. The van der Waals surface area contributed by atoms with Crippen LogP contribution in [-0.2, 0) is 11.2 Å². The van der Waals surface area contributed by atoms with Crippen LogP contribution in [0.3, 0.4) is 0 Å². The van der Waals surface area contributed by atoms with Gasteiger partial charge < -0.3 is 15.2 Å². The number of carboxylic acids is 1. The van der Waals surface area contributed by atoms with Crippen LogP contribution in [0.25, 0.3) is 0 Å².